The van der Waals surface area contributed by atoms with Crippen LogP contribution in [0.15, 0.2) is 36.0 Å². The first-order valence-corrected chi connectivity index (χ1v) is 7.41. The van der Waals surface area contributed by atoms with Crippen molar-refractivity contribution in [3.05, 3.63) is 36.0 Å². The summed E-state index contributed by atoms with van der Waals surface area (Å²) in [5, 5.41) is 11.9. The van der Waals surface area contributed by atoms with Crippen molar-refractivity contribution in [3.8, 4) is 0 Å². The molecule has 0 aromatic heterocycles. The van der Waals surface area contributed by atoms with Crippen molar-refractivity contribution in [3.63, 3.8) is 0 Å². The SMILES string of the molecule is CCN(CC)c1cccc(NC2=CC(=O)N(CCO)C2=O)c1. The van der Waals surface area contributed by atoms with Crippen LogP contribution in [0.3, 0.4) is 0 Å². The lowest BCUT2D eigenvalue weighted by atomic mass is 10.2. The lowest BCUT2D eigenvalue weighted by Crippen LogP contribution is -2.34. The predicted octanol–water partition coefficient (Wildman–Crippen LogP) is 1.19. The van der Waals surface area contributed by atoms with Gasteiger partial charge in [-0.3, -0.25) is 14.5 Å². The monoisotopic (exact) mass is 303 g/mol. The number of nitrogens with one attached hydrogen (secondary N) is 1. The number of carbonyl (C=O) groups excluding carboxylic acids is 2. The van der Waals surface area contributed by atoms with Gasteiger partial charge in [-0.2, -0.15) is 0 Å². The fourth-order valence-electron chi connectivity index (χ4n) is 2.43. The van der Waals surface area contributed by atoms with Crippen LogP contribution < -0.4 is 10.2 Å². The van der Waals surface area contributed by atoms with Gasteiger partial charge >= 0.3 is 0 Å². The van der Waals surface area contributed by atoms with Crippen LogP contribution in [0.4, 0.5) is 11.4 Å². The number of imide groups is 1. The zero-order valence-corrected chi connectivity index (χ0v) is 12.9. The Balaban J connectivity index is 2.15. The largest absolute Gasteiger partial charge is 0.395 e. The number of aliphatic hydroxyl groups excluding tert-OH is 1. The van der Waals surface area contributed by atoms with Gasteiger partial charge in [0, 0.05) is 30.5 Å². The van der Waals surface area contributed by atoms with E-state index in [-0.39, 0.29) is 18.8 Å². The molecule has 2 N–H and O–H groups in total. The highest BCUT2D eigenvalue weighted by Crippen LogP contribution is 2.22. The van der Waals surface area contributed by atoms with Gasteiger partial charge in [-0.05, 0) is 32.0 Å². The number of β-amino-alcohol motifs (C(OH)–C–C–N with tert-alkyl or cyclic N) is 1. The number of aliphatic hydroxyl groups is 1. The number of nitrogens with zero attached hydrogens (tertiary/aromatic N) is 2. The van der Waals surface area contributed by atoms with E-state index in [0.29, 0.717) is 0 Å². The molecule has 6 nitrogen and oxygen atoms in total. The maximum absolute atomic E-state index is 12.1. The summed E-state index contributed by atoms with van der Waals surface area (Å²) < 4.78 is 0. The Bertz CT molecular complexity index is 594. The highest BCUT2D eigenvalue weighted by atomic mass is 16.3. The molecule has 1 aliphatic rings. The number of hydrogen-bond donors (Lipinski definition) is 2. The number of carbonyl (C=O) groups is 2. The fourth-order valence-corrected chi connectivity index (χ4v) is 2.43. The van der Waals surface area contributed by atoms with Crippen LogP contribution in [0.5, 0.6) is 0 Å². The summed E-state index contributed by atoms with van der Waals surface area (Å²) in [4.78, 5) is 27.0. The second kappa shape index (κ2) is 7.09. The smallest absolute Gasteiger partial charge is 0.277 e. The lowest BCUT2D eigenvalue weighted by molar-refractivity contribution is -0.137. The minimum absolute atomic E-state index is 0.0127. The van der Waals surface area contributed by atoms with Crippen molar-refractivity contribution >= 4 is 23.2 Å². The van der Waals surface area contributed by atoms with Crippen LogP contribution in [0.25, 0.3) is 0 Å². The molecule has 0 radical (unpaired) electrons. The number of anilines is 2. The summed E-state index contributed by atoms with van der Waals surface area (Å²) in [5.41, 5.74) is 2.04. The van der Waals surface area contributed by atoms with Crippen LogP contribution in [-0.4, -0.2) is 48.1 Å². The minimum atomic E-state index is -0.410. The molecule has 1 aliphatic heterocycles. The number of amides is 2. The van der Waals surface area contributed by atoms with E-state index in [0.717, 1.165) is 29.4 Å². The van der Waals surface area contributed by atoms with Crippen molar-refractivity contribution in [1.29, 1.82) is 0 Å². The van der Waals surface area contributed by atoms with Crippen LogP contribution in [0.2, 0.25) is 0 Å². The third-order valence-corrected chi connectivity index (χ3v) is 3.59. The van der Waals surface area contributed by atoms with Gasteiger partial charge in [0.1, 0.15) is 5.70 Å². The summed E-state index contributed by atoms with van der Waals surface area (Å²) in [7, 11) is 0. The highest BCUT2D eigenvalue weighted by Gasteiger charge is 2.30. The average molecular weight is 303 g/mol. The summed E-state index contributed by atoms with van der Waals surface area (Å²) >= 11 is 0. The zero-order chi connectivity index (χ0) is 16.1. The first kappa shape index (κ1) is 16.0. The highest BCUT2D eigenvalue weighted by molar-refractivity contribution is 6.17. The van der Waals surface area contributed by atoms with Gasteiger partial charge in [-0.15, -0.1) is 0 Å². The predicted molar refractivity (Wildman–Crippen MR) is 85.5 cm³/mol. The van der Waals surface area contributed by atoms with Gasteiger partial charge in [-0.25, -0.2) is 0 Å². The molecule has 1 aromatic carbocycles. The molecule has 1 heterocycles. The average Bonchev–Trinajstić information content (AvgIpc) is 2.77. The van der Waals surface area contributed by atoms with Gasteiger partial charge in [0.25, 0.3) is 11.8 Å². The first-order valence-electron chi connectivity index (χ1n) is 7.41. The van der Waals surface area contributed by atoms with E-state index in [1.165, 1.54) is 6.08 Å². The van der Waals surface area contributed by atoms with Crippen LogP contribution in [-0.2, 0) is 9.59 Å². The Labute approximate surface area is 130 Å². The van der Waals surface area contributed by atoms with Gasteiger partial charge in [0.15, 0.2) is 0 Å². The van der Waals surface area contributed by atoms with Crippen molar-refractivity contribution in [2.75, 3.05) is 36.5 Å². The Morgan fingerprint density at radius 3 is 2.59 bits per heavy atom. The van der Waals surface area contributed by atoms with Crippen molar-refractivity contribution in [2.45, 2.75) is 13.8 Å². The molecular formula is C16H21N3O3. The second-order valence-electron chi connectivity index (χ2n) is 4.92. The third-order valence-electron chi connectivity index (χ3n) is 3.59. The topological polar surface area (TPSA) is 72.9 Å². The molecule has 0 bridgehead atoms. The molecule has 0 aliphatic carbocycles. The van der Waals surface area contributed by atoms with E-state index in [4.69, 9.17) is 5.11 Å². The van der Waals surface area contributed by atoms with Crippen LogP contribution in [0, 0.1) is 0 Å². The Kier molecular flexibility index (Phi) is 5.16. The number of benzene rings is 1. The standard InChI is InChI=1S/C16H21N3O3/c1-3-18(4-2)13-7-5-6-12(10-13)17-14-11-15(21)19(8-9-20)16(14)22/h5-7,10-11,17,20H,3-4,8-9H2,1-2H3. The van der Waals surface area contributed by atoms with E-state index < -0.39 is 11.8 Å². The normalized spacial score (nSPS) is 14.3. The van der Waals surface area contributed by atoms with Crippen LogP contribution >= 0.6 is 0 Å². The van der Waals surface area contributed by atoms with Gasteiger partial charge in [-0.1, -0.05) is 6.07 Å². The molecule has 6 heteroatoms. The molecule has 0 saturated heterocycles. The summed E-state index contributed by atoms with van der Waals surface area (Å²) in [6.45, 7) is 5.72. The van der Waals surface area contributed by atoms with Gasteiger partial charge < -0.3 is 15.3 Å². The first-order chi connectivity index (χ1) is 10.6. The molecule has 0 saturated carbocycles. The van der Waals surface area contributed by atoms with Crippen molar-refractivity contribution < 1.29 is 14.7 Å². The van der Waals surface area contributed by atoms with E-state index in [1.807, 2.05) is 24.3 Å². The molecule has 0 unspecified atom stereocenters. The van der Waals surface area contributed by atoms with Crippen LogP contribution in [0.1, 0.15) is 13.8 Å². The quantitative estimate of drug-likeness (QED) is 0.740. The lowest BCUT2D eigenvalue weighted by Gasteiger charge is -2.21. The summed E-state index contributed by atoms with van der Waals surface area (Å²) in [6.07, 6.45) is 1.27. The molecule has 22 heavy (non-hydrogen) atoms. The maximum atomic E-state index is 12.1. The van der Waals surface area contributed by atoms with Gasteiger partial charge in [0.05, 0.1) is 13.2 Å². The van der Waals surface area contributed by atoms with E-state index in [9.17, 15) is 9.59 Å². The maximum Gasteiger partial charge on any atom is 0.277 e. The molecule has 118 valence electrons. The Hall–Kier alpha value is -2.34. The molecule has 1 aromatic rings. The van der Waals surface area contributed by atoms with E-state index in [1.54, 1.807) is 0 Å². The molecule has 0 atom stereocenters. The Morgan fingerprint density at radius 2 is 1.95 bits per heavy atom. The Morgan fingerprint density at radius 1 is 1.23 bits per heavy atom. The number of rotatable bonds is 7. The summed E-state index contributed by atoms with van der Waals surface area (Å²) in [6, 6.07) is 7.70. The van der Waals surface area contributed by atoms with Crippen molar-refractivity contribution in [1.82, 2.24) is 4.90 Å². The molecule has 2 amide bonds. The van der Waals surface area contributed by atoms with Gasteiger partial charge in [0.2, 0.25) is 0 Å². The molecular weight excluding hydrogens is 282 g/mol. The van der Waals surface area contributed by atoms with E-state index in [2.05, 4.69) is 24.1 Å². The number of hydrogen-bond acceptors (Lipinski definition) is 5. The zero-order valence-electron chi connectivity index (χ0n) is 12.9. The third kappa shape index (κ3) is 3.28. The minimum Gasteiger partial charge on any atom is -0.395 e. The summed E-state index contributed by atoms with van der Waals surface area (Å²) in [5.74, 6) is -0.811. The fraction of sp³-hybridized carbons (Fsp3) is 0.375. The second-order valence-corrected chi connectivity index (χ2v) is 4.92. The molecule has 0 fully saturated rings. The molecule has 2 rings (SSSR count). The van der Waals surface area contributed by atoms with E-state index >= 15 is 0 Å². The molecule has 0 spiro atoms. The van der Waals surface area contributed by atoms with Crippen molar-refractivity contribution in [2.24, 2.45) is 0 Å².